The molecular weight excluding hydrogens is 282 g/mol. The summed E-state index contributed by atoms with van der Waals surface area (Å²) in [5, 5.41) is 3.08. The van der Waals surface area contributed by atoms with E-state index in [1.54, 1.807) is 13.8 Å². The van der Waals surface area contributed by atoms with E-state index in [9.17, 15) is 9.59 Å². The van der Waals surface area contributed by atoms with Crippen LogP contribution >= 0.6 is 15.9 Å². The molecule has 0 rings (SSSR count). The lowest BCUT2D eigenvalue weighted by atomic mass is 10.4. The molecule has 0 saturated carbocycles. The van der Waals surface area contributed by atoms with Gasteiger partial charge in [-0.15, -0.1) is 0 Å². The van der Waals surface area contributed by atoms with Gasteiger partial charge in [-0.2, -0.15) is 0 Å². The average Bonchev–Trinajstić information content (AvgIpc) is 2.25. The molecule has 16 heavy (non-hydrogen) atoms. The van der Waals surface area contributed by atoms with E-state index in [4.69, 9.17) is 5.53 Å². The number of ether oxygens (including phenoxy) is 2. The van der Waals surface area contributed by atoms with Crippen LogP contribution in [0.15, 0.2) is 15.3 Å². The summed E-state index contributed by atoms with van der Waals surface area (Å²) < 4.78 is 8.97. The first-order valence-corrected chi connectivity index (χ1v) is 5.16. The number of esters is 2. The highest BCUT2D eigenvalue weighted by Gasteiger charge is 2.19. The first-order valence-electron chi connectivity index (χ1n) is 4.37. The zero-order chi connectivity index (χ0) is 12.6. The van der Waals surface area contributed by atoms with Crippen LogP contribution in [0.1, 0.15) is 13.8 Å². The van der Waals surface area contributed by atoms with Crippen molar-refractivity contribution < 1.29 is 19.1 Å². The lowest BCUT2D eigenvalue weighted by Crippen LogP contribution is -2.12. The zero-order valence-corrected chi connectivity index (χ0v) is 10.4. The van der Waals surface area contributed by atoms with Crippen molar-refractivity contribution >= 4 is 27.9 Å². The maximum atomic E-state index is 11.3. The third-order valence-corrected chi connectivity index (χ3v) is 1.98. The minimum atomic E-state index is -0.889. The maximum Gasteiger partial charge on any atom is 0.345 e. The van der Waals surface area contributed by atoms with Gasteiger partial charge in [-0.25, -0.2) is 9.59 Å². The van der Waals surface area contributed by atoms with Gasteiger partial charge in [-0.05, 0) is 35.3 Å². The molecule has 0 aliphatic heterocycles. The molecule has 0 bridgehead atoms. The third-order valence-electron chi connectivity index (χ3n) is 1.28. The predicted molar refractivity (Wildman–Crippen MR) is 58.4 cm³/mol. The molecule has 0 radical (unpaired) electrons. The minimum Gasteiger partial charge on any atom is -0.462 e. The highest BCUT2D eigenvalue weighted by Crippen LogP contribution is 2.17. The second-order valence-electron chi connectivity index (χ2n) is 2.29. The van der Waals surface area contributed by atoms with Crippen LogP contribution in [-0.4, -0.2) is 25.2 Å². The van der Waals surface area contributed by atoms with Gasteiger partial charge in [0.25, 0.3) is 0 Å². The molecule has 0 aromatic carbocycles. The molecule has 0 aromatic rings. The second kappa shape index (κ2) is 7.72. The van der Waals surface area contributed by atoms with Gasteiger partial charge >= 0.3 is 11.9 Å². The fraction of sp³-hybridized carbons (Fsp3) is 0.500. The molecule has 0 atom stereocenters. The Balaban J connectivity index is 5.14. The van der Waals surface area contributed by atoms with Crippen LogP contribution in [0.3, 0.4) is 0 Å². The molecule has 88 valence electrons. The SMILES string of the molecule is CCOC(=O)/C(Br)=C(\N=[N+]=[N-])C(=O)OCC. The van der Waals surface area contributed by atoms with Crippen LogP contribution in [0.4, 0.5) is 0 Å². The van der Waals surface area contributed by atoms with E-state index in [2.05, 4.69) is 35.4 Å². The molecule has 8 heteroatoms. The van der Waals surface area contributed by atoms with Crippen molar-refractivity contribution in [1.29, 1.82) is 0 Å². The molecule has 0 N–H and O–H groups in total. The number of halogens is 1. The molecule has 0 spiro atoms. The third kappa shape index (κ3) is 4.33. The summed E-state index contributed by atoms with van der Waals surface area (Å²) in [6.07, 6.45) is 0. The molecule has 0 aromatic heterocycles. The lowest BCUT2D eigenvalue weighted by molar-refractivity contribution is -0.141. The van der Waals surface area contributed by atoms with Gasteiger partial charge in [0.15, 0.2) is 0 Å². The Bertz CT molecular complexity index is 360. The summed E-state index contributed by atoms with van der Waals surface area (Å²) in [5.74, 6) is -1.68. The summed E-state index contributed by atoms with van der Waals surface area (Å²) in [5.41, 5.74) is 7.80. The molecule has 0 saturated heterocycles. The molecule has 0 unspecified atom stereocenters. The molecule has 0 fully saturated rings. The number of nitrogens with zero attached hydrogens (tertiary/aromatic N) is 3. The summed E-state index contributed by atoms with van der Waals surface area (Å²) in [6.45, 7) is 3.44. The zero-order valence-electron chi connectivity index (χ0n) is 8.77. The summed E-state index contributed by atoms with van der Waals surface area (Å²) in [7, 11) is 0. The van der Waals surface area contributed by atoms with Gasteiger partial charge in [0.2, 0.25) is 0 Å². The molecule has 0 amide bonds. The van der Waals surface area contributed by atoms with Gasteiger partial charge in [0.05, 0.1) is 13.2 Å². The number of rotatable bonds is 5. The average molecular weight is 292 g/mol. The van der Waals surface area contributed by atoms with Crippen molar-refractivity contribution in [3.05, 3.63) is 20.6 Å². The summed E-state index contributed by atoms with van der Waals surface area (Å²) >= 11 is 2.82. The maximum absolute atomic E-state index is 11.3. The summed E-state index contributed by atoms with van der Waals surface area (Å²) in [6, 6.07) is 0. The van der Waals surface area contributed by atoms with Gasteiger partial charge in [0.1, 0.15) is 10.2 Å². The molecular formula is C8H10BrN3O4. The van der Waals surface area contributed by atoms with Crippen LogP contribution in [-0.2, 0) is 19.1 Å². The van der Waals surface area contributed by atoms with Crippen molar-refractivity contribution in [3.8, 4) is 0 Å². The quantitative estimate of drug-likeness (QED) is 0.254. The van der Waals surface area contributed by atoms with Crippen molar-refractivity contribution in [2.75, 3.05) is 13.2 Å². The fourth-order valence-corrected chi connectivity index (χ4v) is 1.07. The number of carbonyl (C=O) groups excluding carboxylic acids is 2. The van der Waals surface area contributed by atoms with E-state index in [-0.39, 0.29) is 17.7 Å². The smallest absolute Gasteiger partial charge is 0.345 e. The van der Waals surface area contributed by atoms with Crippen LogP contribution in [0.5, 0.6) is 0 Å². The van der Waals surface area contributed by atoms with Crippen molar-refractivity contribution in [1.82, 2.24) is 0 Å². The Morgan fingerprint density at radius 3 is 2.19 bits per heavy atom. The van der Waals surface area contributed by atoms with Crippen molar-refractivity contribution in [2.45, 2.75) is 13.8 Å². The van der Waals surface area contributed by atoms with Crippen LogP contribution < -0.4 is 0 Å². The Morgan fingerprint density at radius 2 is 1.75 bits per heavy atom. The Morgan fingerprint density at radius 1 is 1.25 bits per heavy atom. The molecule has 0 aliphatic rings. The first-order chi connectivity index (χ1) is 7.58. The van der Waals surface area contributed by atoms with Crippen molar-refractivity contribution in [3.63, 3.8) is 0 Å². The normalized spacial score (nSPS) is 10.9. The van der Waals surface area contributed by atoms with E-state index >= 15 is 0 Å². The van der Waals surface area contributed by atoms with Gasteiger partial charge < -0.3 is 9.47 Å². The fourth-order valence-electron chi connectivity index (χ4n) is 0.710. The second-order valence-corrected chi connectivity index (χ2v) is 3.09. The predicted octanol–water partition coefficient (Wildman–Crippen LogP) is 2.03. The Kier molecular flexibility index (Phi) is 6.98. The highest BCUT2D eigenvalue weighted by molar-refractivity contribution is 9.12. The molecule has 7 nitrogen and oxygen atoms in total. The topological polar surface area (TPSA) is 101 Å². The summed E-state index contributed by atoms with van der Waals surface area (Å²) in [4.78, 5) is 25.0. The monoisotopic (exact) mass is 291 g/mol. The van der Waals surface area contributed by atoms with Gasteiger partial charge in [-0.3, -0.25) is 0 Å². The number of hydrogen-bond donors (Lipinski definition) is 0. The highest BCUT2D eigenvalue weighted by atomic mass is 79.9. The molecule has 0 aliphatic carbocycles. The number of hydrogen-bond acceptors (Lipinski definition) is 5. The van der Waals surface area contributed by atoms with Crippen LogP contribution in [0.2, 0.25) is 0 Å². The Labute approximate surface area is 100 Å². The largest absolute Gasteiger partial charge is 0.462 e. The van der Waals surface area contributed by atoms with E-state index < -0.39 is 17.6 Å². The van der Waals surface area contributed by atoms with E-state index in [1.165, 1.54) is 0 Å². The first kappa shape index (κ1) is 14.5. The van der Waals surface area contributed by atoms with Gasteiger partial charge in [0, 0.05) is 4.91 Å². The van der Waals surface area contributed by atoms with Gasteiger partial charge in [-0.1, -0.05) is 5.11 Å². The molecule has 0 heterocycles. The van der Waals surface area contributed by atoms with Crippen LogP contribution in [0.25, 0.3) is 10.4 Å². The lowest BCUT2D eigenvalue weighted by Gasteiger charge is -2.04. The van der Waals surface area contributed by atoms with E-state index in [0.29, 0.717) is 0 Å². The number of azide groups is 1. The van der Waals surface area contributed by atoms with Crippen LogP contribution in [0, 0.1) is 0 Å². The van der Waals surface area contributed by atoms with E-state index in [1.807, 2.05) is 0 Å². The standard InChI is InChI=1S/C8H10BrN3O4/c1-3-15-7(13)5(9)6(11-12-10)8(14)16-4-2/h3-4H2,1-2H3/b6-5+. The van der Waals surface area contributed by atoms with E-state index in [0.717, 1.165) is 0 Å². The van der Waals surface area contributed by atoms with Crippen molar-refractivity contribution in [2.24, 2.45) is 5.11 Å². The minimum absolute atomic E-state index is 0.104. The Hall–Kier alpha value is -1.53. The number of carbonyl (C=O) groups is 2.